The molecule has 0 saturated carbocycles. The molecular formula is C3H12OSi2. The molecule has 0 bridgehead atoms. The summed E-state index contributed by atoms with van der Waals surface area (Å²) >= 11 is 0. The summed E-state index contributed by atoms with van der Waals surface area (Å²) in [7, 11) is 1.31. The Balaban J connectivity index is 0.000000250. The summed E-state index contributed by atoms with van der Waals surface area (Å²) in [6.45, 7) is 1.05. The van der Waals surface area contributed by atoms with E-state index in [0.717, 1.165) is 6.61 Å². The molecule has 1 atom stereocenters. The highest BCUT2D eigenvalue weighted by Crippen LogP contribution is 2.10. The maximum Gasteiger partial charge on any atom is 0.0778 e. The fourth-order valence-corrected chi connectivity index (χ4v) is 0.775. The Kier molecular flexibility index (Phi) is 2.71. The van der Waals surface area contributed by atoms with E-state index in [-0.39, 0.29) is 11.0 Å². The average molecular weight is 120 g/mol. The molecule has 1 unspecified atom stereocenters. The monoisotopic (exact) mass is 120 g/mol. The molecule has 0 aromatic heterocycles. The molecule has 0 amide bonds. The molecule has 38 valence electrons. The molecule has 1 saturated heterocycles. The second kappa shape index (κ2) is 2.55. The summed E-state index contributed by atoms with van der Waals surface area (Å²) in [5.41, 5.74) is 0. The smallest absolute Gasteiger partial charge is 0.0778 e. The Bertz CT molecular complexity index is 35.8. The molecule has 1 fully saturated rings. The molecule has 1 aliphatic rings. The van der Waals surface area contributed by atoms with Gasteiger partial charge in [-0.05, 0) is 17.0 Å². The molecular weight excluding hydrogens is 108 g/mol. The summed E-state index contributed by atoms with van der Waals surface area (Å²) in [6.07, 6.45) is 0.696. The van der Waals surface area contributed by atoms with Crippen LogP contribution >= 0.6 is 0 Å². The van der Waals surface area contributed by atoms with Gasteiger partial charge in [-0.2, -0.15) is 0 Å². The zero-order chi connectivity index (χ0) is 3.70. The fourth-order valence-electron chi connectivity index (χ4n) is 0.304. The van der Waals surface area contributed by atoms with Gasteiger partial charge in [0.1, 0.15) is 0 Å². The molecule has 1 rings (SSSR count). The standard InChI is InChI=1S/C3H8OSi.H4Si/c5-2-3-1-4-3;/h3H,1-2H2,5H3;1H4. The number of epoxide rings is 1. The van der Waals surface area contributed by atoms with Crippen LogP contribution in [0.2, 0.25) is 6.04 Å². The maximum absolute atomic E-state index is 4.89. The number of rotatable bonds is 1. The molecule has 1 aliphatic heterocycles. The van der Waals surface area contributed by atoms with E-state index in [1.165, 1.54) is 16.3 Å². The van der Waals surface area contributed by atoms with Gasteiger partial charge in [0.25, 0.3) is 0 Å². The van der Waals surface area contributed by atoms with Gasteiger partial charge in [-0.3, -0.25) is 0 Å². The summed E-state index contributed by atoms with van der Waals surface area (Å²) in [6, 6.07) is 1.33. The van der Waals surface area contributed by atoms with Crippen LogP contribution in [0.1, 0.15) is 0 Å². The van der Waals surface area contributed by atoms with Gasteiger partial charge in [0.2, 0.25) is 0 Å². The number of hydrogen-bond donors (Lipinski definition) is 0. The lowest BCUT2D eigenvalue weighted by atomic mass is 10.6. The van der Waals surface area contributed by atoms with Crippen molar-refractivity contribution < 1.29 is 4.74 Å². The van der Waals surface area contributed by atoms with Gasteiger partial charge in [0, 0.05) is 10.2 Å². The van der Waals surface area contributed by atoms with Crippen molar-refractivity contribution in [3.05, 3.63) is 0 Å². The van der Waals surface area contributed by atoms with Crippen LogP contribution in [0.3, 0.4) is 0 Å². The molecule has 0 aromatic carbocycles. The SMILES string of the molecule is [SiH3]CC1CO1.[SiH4]. The van der Waals surface area contributed by atoms with Crippen LogP contribution < -0.4 is 0 Å². The molecule has 0 radical (unpaired) electrons. The van der Waals surface area contributed by atoms with Crippen LogP contribution in [-0.2, 0) is 4.74 Å². The maximum atomic E-state index is 4.89. The van der Waals surface area contributed by atoms with Crippen LogP contribution in [0.25, 0.3) is 0 Å². The summed E-state index contributed by atoms with van der Waals surface area (Å²) in [5.74, 6) is 0. The van der Waals surface area contributed by atoms with Crippen molar-refractivity contribution in [1.29, 1.82) is 0 Å². The van der Waals surface area contributed by atoms with Gasteiger partial charge in [-0.1, -0.05) is 0 Å². The molecule has 0 aliphatic carbocycles. The third-order valence-corrected chi connectivity index (χ3v) is 1.77. The summed E-state index contributed by atoms with van der Waals surface area (Å²) in [4.78, 5) is 0. The molecule has 0 aromatic rings. The number of hydrogen-bond acceptors (Lipinski definition) is 1. The van der Waals surface area contributed by atoms with Gasteiger partial charge in [0.15, 0.2) is 0 Å². The fraction of sp³-hybridized carbons (Fsp3) is 1.00. The zero-order valence-electron chi connectivity index (χ0n) is 3.40. The minimum atomic E-state index is 0. The second-order valence-corrected chi connectivity index (χ2v) is 2.18. The van der Waals surface area contributed by atoms with E-state index in [1.807, 2.05) is 0 Å². The van der Waals surface area contributed by atoms with E-state index >= 15 is 0 Å². The molecule has 1 nitrogen and oxygen atoms in total. The van der Waals surface area contributed by atoms with Gasteiger partial charge in [0.05, 0.1) is 12.7 Å². The lowest BCUT2D eigenvalue weighted by Crippen LogP contribution is -1.76. The van der Waals surface area contributed by atoms with E-state index in [9.17, 15) is 0 Å². The normalized spacial score (nSPS) is 29.0. The zero-order valence-corrected chi connectivity index (χ0v) is 5.40. The predicted octanol–water partition coefficient (Wildman–Crippen LogP) is -2.28. The summed E-state index contributed by atoms with van der Waals surface area (Å²) < 4.78 is 4.89. The Morgan fingerprint density at radius 1 is 1.83 bits per heavy atom. The topological polar surface area (TPSA) is 12.5 Å². The van der Waals surface area contributed by atoms with Gasteiger partial charge in [-0.25, -0.2) is 0 Å². The van der Waals surface area contributed by atoms with Crippen LogP contribution in [0, 0.1) is 0 Å². The van der Waals surface area contributed by atoms with Crippen LogP contribution in [0.15, 0.2) is 0 Å². The van der Waals surface area contributed by atoms with E-state index in [4.69, 9.17) is 4.74 Å². The largest absolute Gasteiger partial charge is 0.373 e. The number of ether oxygens (including phenoxy) is 1. The lowest BCUT2D eigenvalue weighted by molar-refractivity contribution is 0.423. The third kappa shape index (κ3) is 1.74. The van der Waals surface area contributed by atoms with Gasteiger partial charge in [-0.15, -0.1) is 0 Å². The van der Waals surface area contributed by atoms with E-state index in [2.05, 4.69) is 0 Å². The van der Waals surface area contributed by atoms with Gasteiger partial charge >= 0.3 is 0 Å². The van der Waals surface area contributed by atoms with Crippen molar-refractivity contribution in [2.45, 2.75) is 12.1 Å². The van der Waals surface area contributed by atoms with E-state index in [1.54, 1.807) is 0 Å². The first-order chi connectivity index (χ1) is 2.43. The second-order valence-electron chi connectivity index (χ2n) is 1.36. The first-order valence-electron chi connectivity index (χ1n) is 2.05. The first kappa shape index (κ1) is 6.39. The van der Waals surface area contributed by atoms with E-state index in [0.29, 0.717) is 6.10 Å². The van der Waals surface area contributed by atoms with Gasteiger partial charge < -0.3 is 4.74 Å². The molecule has 1 heterocycles. The van der Waals surface area contributed by atoms with Crippen molar-refractivity contribution in [3.63, 3.8) is 0 Å². The third-order valence-electron chi connectivity index (χ3n) is 0.858. The van der Waals surface area contributed by atoms with Crippen LogP contribution in [0.4, 0.5) is 0 Å². The highest BCUT2D eigenvalue weighted by molar-refractivity contribution is 6.09. The Morgan fingerprint density at radius 2 is 2.33 bits per heavy atom. The predicted molar refractivity (Wildman–Crippen MR) is 35.8 cm³/mol. The Morgan fingerprint density at radius 3 is 2.33 bits per heavy atom. The van der Waals surface area contributed by atoms with Crippen molar-refractivity contribution in [1.82, 2.24) is 0 Å². The molecule has 0 N–H and O–H groups in total. The van der Waals surface area contributed by atoms with E-state index < -0.39 is 0 Å². The molecule has 0 spiro atoms. The lowest BCUT2D eigenvalue weighted by Gasteiger charge is -1.69. The van der Waals surface area contributed by atoms with Crippen LogP contribution in [0.5, 0.6) is 0 Å². The highest BCUT2D eigenvalue weighted by atomic mass is 28.1. The van der Waals surface area contributed by atoms with Crippen molar-refractivity contribution in [2.24, 2.45) is 0 Å². The quantitative estimate of drug-likeness (QED) is 0.280. The van der Waals surface area contributed by atoms with Crippen LogP contribution in [-0.4, -0.2) is 33.9 Å². The minimum Gasteiger partial charge on any atom is -0.373 e. The average Bonchev–Trinajstić information content (AvgIpc) is 2.12. The van der Waals surface area contributed by atoms with Crippen molar-refractivity contribution in [3.8, 4) is 0 Å². The van der Waals surface area contributed by atoms with Crippen molar-refractivity contribution in [2.75, 3.05) is 6.61 Å². The Labute approximate surface area is 45.5 Å². The Hall–Kier alpha value is 0.394. The highest BCUT2D eigenvalue weighted by Gasteiger charge is 2.18. The minimum absolute atomic E-state index is 0. The van der Waals surface area contributed by atoms with Crippen molar-refractivity contribution >= 4 is 21.2 Å². The summed E-state index contributed by atoms with van der Waals surface area (Å²) in [5, 5.41) is 0. The molecule has 3 heteroatoms. The first-order valence-corrected chi connectivity index (χ1v) is 3.46. The molecule has 6 heavy (non-hydrogen) atoms.